The first-order valence-electron chi connectivity index (χ1n) is 6.38. The van der Waals surface area contributed by atoms with Gasteiger partial charge in [-0.1, -0.05) is 40.2 Å². The average molecular weight is 402 g/mol. The summed E-state index contributed by atoms with van der Waals surface area (Å²) in [6.45, 7) is 0. The zero-order valence-corrected chi connectivity index (χ0v) is 14.0. The van der Waals surface area contributed by atoms with E-state index in [-0.39, 0.29) is 10.8 Å². The zero-order valence-electron chi connectivity index (χ0n) is 11.6. The van der Waals surface area contributed by atoms with Crippen LogP contribution in [-0.2, 0) is 6.18 Å². The lowest BCUT2D eigenvalue weighted by molar-refractivity contribution is -0.136. The second kappa shape index (κ2) is 7.56. The van der Waals surface area contributed by atoms with Gasteiger partial charge >= 0.3 is 6.18 Å². The summed E-state index contributed by atoms with van der Waals surface area (Å²) in [6.07, 6.45) is -2.95. The summed E-state index contributed by atoms with van der Waals surface area (Å²) in [6, 6.07) is 12.4. The normalized spacial score (nSPS) is 11.5. The molecule has 0 fully saturated rings. The summed E-state index contributed by atoms with van der Waals surface area (Å²) in [7, 11) is 0. The SMILES string of the molecule is FC(F)(F)c1ccccc1NC(=S)N/N=C\c1cccc(Br)c1. The molecule has 8 heteroatoms. The Morgan fingerprint density at radius 2 is 1.87 bits per heavy atom. The summed E-state index contributed by atoms with van der Waals surface area (Å²) in [5, 5.41) is 6.35. The summed E-state index contributed by atoms with van der Waals surface area (Å²) < 4.78 is 39.5. The predicted molar refractivity (Wildman–Crippen MR) is 92.5 cm³/mol. The standard InChI is InChI=1S/C15H11BrF3N3S/c16-11-5-3-4-10(8-11)9-20-22-14(23)21-13-7-2-1-6-12(13)15(17,18)19/h1-9H,(H2,21,22,23)/b20-9-. The number of hydrazone groups is 1. The van der Waals surface area contributed by atoms with Crippen molar-refractivity contribution in [3.05, 3.63) is 64.1 Å². The Hall–Kier alpha value is -1.93. The van der Waals surface area contributed by atoms with E-state index in [0.717, 1.165) is 16.1 Å². The van der Waals surface area contributed by atoms with Crippen molar-refractivity contribution in [3.63, 3.8) is 0 Å². The number of para-hydroxylation sites is 1. The van der Waals surface area contributed by atoms with E-state index < -0.39 is 11.7 Å². The molecule has 0 aliphatic rings. The fourth-order valence-corrected chi connectivity index (χ4v) is 2.32. The summed E-state index contributed by atoms with van der Waals surface area (Å²) in [4.78, 5) is 0. The van der Waals surface area contributed by atoms with Crippen molar-refractivity contribution >= 4 is 45.2 Å². The minimum Gasteiger partial charge on any atom is -0.331 e. The molecule has 0 radical (unpaired) electrons. The lowest BCUT2D eigenvalue weighted by Crippen LogP contribution is -2.25. The monoisotopic (exact) mass is 401 g/mol. The molecule has 120 valence electrons. The molecule has 23 heavy (non-hydrogen) atoms. The summed E-state index contributed by atoms with van der Waals surface area (Å²) in [5.74, 6) is 0. The van der Waals surface area contributed by atoms with E-state index in [1.807, 2.05) is 24.3 Å². The number of hydrogen-bond acceptors (Lipinski definition) is 2. The molecule has 2 rings (SSSR count). The molecule has 0 spiro atoms. The maximum absolute atomic E-state index is 12.9. The number of rotatable bonds is 3. The van der Waals surface area contributed by atoms with Crippen LogP contribution in [0.1, 0.15) is 11.1 Å². The molecule has 0 atom stereocenters. The molecule has 0 bridgehead atoms. The first kappa shape index (κ1) is 17.4. The average Bonchev–Trinajstić information content (AvgIpc) is 2.47. The maximum Gasteiger partial charge on any atom is 0.418 e. The molecule has 0 saturated carbocycles. The number of anilines is 1. The van der Waals surface area contributed by atoms with Crippen LogP contribution in [0.5, 0.6) is 0 Å². The van der Waals surface area contributed by atoms with Crippen molar-refractivity contribution in [3.8, 4) is 0 Å². The molecule has 3 nitrogen and oxygen atoms in total. The summed E-state index contributed by atoms with van der Waals surface area (Å²) >= 11 is 8.27. The van der Waals surface area contributed by atoms with E-state index in [1.165, 1.54) is 24.4 Å². The highest BCUT2D eigenvalue weighted by Crippen LogP contribution is 2.34. The third kappa shape index (κ3) is 5.33. The van der Waals surface area contributed by atoms with Crippen LogP contribution in [0.15, 0.2) is 58.1 Å². The van der Waals surface area contributed by atoms with Crippen LogP contribution in [0.4, 0.5) is 18.9 Å². The minimum absolute atomic E-state index is 0.0343. The zero-order chi connectivity index (χ0) is 16.9. The molecule has 2 aromatic rings. The van der Waals surface area contributed by atoms with Crippen LogP contribution >= 0.6 is 28.1 Å². The molecular weight excluding hydrogens is 391 g/mol. The van der Waals surface area contributed by atoms with Gasteiger partial charge in [-0.2, -0.15) is 18.3 Å². The highest BCUT2D eigenvalue weighted by molar-refractivity contribution is 9.10. The molecule has 2 N–H and O–H groups in total. The van der Waals surface area contributed by atoms with Crippen LogP contribution < -0.4 is 10.7 Å². The van der Waals surface area contributed by atoms with Gasteiger partial charge in [0.25, 0.3) is 0 Å². The van der Waals surface area contributed by atoms with Crippen molar-refractivity contribution in [1.29, 1.82) is 0 Å². The Morgan fingerprint density at radius 1 is 1.13 bits per heavy atom. The fourth-order valence-electron chi connectivity index (χ4n) is 1.74. The van der Waals surface area contributed by atoms with Gasteiger partial charge in [0.1, 0.15) is 0 Å². The van der Waals surface area contributed by atoms with Gasteiger partial charge in [0.05, 0.1) is 17.5 Å². The van der Waals surface area contributed by atoms with Crippen LogP contribution in [0.25, 0.3) is 0 Å². The summed E-state index contributed by atoms with van der Waals surface area (Å²) in [5.41, 5.74) is 2.37. The molecule has 0 aliphatic carbocycles. The van der Waals surface area contributed by atoms with Gasteiger partial charge in [-0.25, -0.2) is 0 Å². The van der Waals surface area contributed by atoms with E-state index in [4.69, 9.17) is 12.2 Å². The molecule has 2 aromatic carbocycles. The van der Waals surface area contributed by atoms with Gasteiger partial charge in [0.15, 0.2) is 5.11 Å². The van der Waals surface area contributed by atoms with Gasteiger partial charge in [-0.3, -0.25) is 5.43 Å². The third-order valence-corrected chi connectivity index (χ3v) is 3.40. The van der Waals surface area contributed by atoms with Crippen LogP contribution in [0, 0.1) is 0 Å². The minimum atomic E-state index is -4.46. The first-order valence-corrected chi connectivity index (χ1v) is 7.58. The molecular formula is C15H11BrF3N3S. The third-order valence-electron chi connectivity index (χ3n) is 2.71. The maximum atomic E-state index is 12.9. The van der Waals surface area contributed by atoms with Crippen molar-refractivity contribution in [2.75, 3.05) is 5.32 Å². The quantitative estimate of drug-likeness (QED) is 0.441. The van der Waals surface area contributed by atoms with Crippen LogP contribution in [0.3, 0.4) is 0 Å². The largest absolute Gasteiger partial charge is 0.418 e. The highest BCUT2D eigenvalue weighted by atomic mass is 79.9. The second-order valence-corrected chi connectivity index (χ2v) is 5.75. The smallest absolute Gasteiger partial charge is 0.331 e. The van der Waals surface area contributed by atoms with Crippen molar-refractivity contribution in [2.45, 2.75) is 6.18 Å². The van der Waals surface area contributed by atoms with Gasteiger partial charge in [-0.05, 0) is 42.0 Å². The number of nitrogens with one attached hydrogen (secondary N) is 2. The Balaban J connectivity index is 2.01. The van der Waals surface area contributed by atoms with E-state index in [1.54, 1.807) is 0 Å². The molecule has 0 saturated heterocycles. The fraction of sp³-hybridized carbons (Fsp3) is 0.0667. The van der Waals surface area contributed by atoms with Crippen molar-refractivity contribution < 1.29 is 13.2 Å². The van der Waals surface area contributed by atoms with E-state index >= 15 is 0 Å². The molecule has 0 unspecified atom stereocenters. The molecule has 0 amide bonds. The van der Waals surface area contributed by atoms with Crippen molar-refractivity contribution in [1.82, 2.24) is 5.43 Å². The number of hydrogen-bond donors (Lipinski definition) is 2. The molecule has 0 aliphatic heterocycles. The number of halogens is 4. The Labute approximate surface area is 144 Å². The Morgan fingerprint density at radius 3 is 2.57 bits per heavy atom. The Bertz CT molecular complexity index is 732. The van der Waals surface area contributed by atoms with Crippen LogP contribution in [-0.4, -0.2) is 11.3 Å². The lowest BCUT2D eigenvalue weighted by Gasteiger charge is -2.14. The highest BCUT2D eigenvalue weighted by Gasteiger charge is 2.33. The topological polar surface area (TPSA) is 36.4 Å². The molecule has 0 heterocycles. The van der Waals surface area contributed by atoms with Gasteiger partial charge < -0.3 is 5.32 Å². The Kier molecular flexibility index (Phi) is 5.73. The lowest BCUT2D eigenvalue weighted by atomic mass is 10.2. The van der Waals surface area contributed by atoms with Crippen LogP contribution in [0.2, 0.25) is 0 Å². The second-order valence-electron chi connectivity index (χ2n) is 4.42. The van der Waals surface area contributed by atoms with Gasteiger partial charge in [0, 0.05) is 4.47 Å². The van der Waals surface area contributed by atoms with Gasteiger partial charge in [0.2, 0.25) is 0 Å². The van der Waals surface area contributed by atoms with Crippen molar-refractivity contribution in [2.24, 2.45) is 5.10 Å². The predicted octanol–water partition coefficient (Wildman–Crippen LogP) is 4.79. The van der Waals surface area contributed by atoms with E-state index in [0.29, 0.717) is 0 Å². The number of thiocarbonyl (C=S) groups is 1. The molecule has 0 aromatic heterocycles. The first-order chi connectivity index (χ1) is 10.9. The number of benzene rings is 2. The number of nitrogens with zero attached hydrogens (tertiary/aromatic N) is 1. The van der Waals surface area contributed by atoms with E-state index in [2.05, 4.69) is 31.8 Å². The van der Waals surface area contributed by atoms with E-state index in [9.17, 15) is 13.2 Å². The van der Waals surface area contributed by atoms with Gasteiger partial charge in [-0.15, -0.1) is 0 Å². The number of alkyl halides is 3.